The highest BCUT2D eigenvalue weighted by molar-refractivity contribution is 5.84. The molecule has 65 heavy (non-hydrogen) atoms. The van der Waals surface area contributed by atoms with E-state index in [-0.39, 0.29) is 46.0 Å². The van der Waals surface area contributed by atoms with Gasteiger partial charge in [0.25, 0.3) is 0 Å². The predicted octanol–water partition coefficient (Wildman–Crippen LogP) is 1.45. The molecule has 0 aromatic rings. The Labute approximate surface area is 383 Å². The van der Waals surface area contributed by atoms with Crippen molar-refractivity contribution in [3.63, 3.8) is 0 Å². The molecular weight excluding hydrogens is 849 g/mol. The summed E-state index contributed by atoms with van der Waals surface area (Å²) in [6.07, 6.45) is -16.1. The number of hydrogen-bond donors (Lipinski definition) is 9. The van der Waals surface area contributed by atoms with Crippen molar-refractivity contribution in [3.05, 3.63) is 0 Å². The zero-order valence-corrected chi connectivity index (χ0v) is 40.0. The molecule has 4 saturated heterocycles. The summed E-state index contributed by atoms with van der Waals surface area (Å²) in [7, 11) is 0. The Bertz CT molecular complexity index is 1730. The summed E-state index contributed by atoms with van der Waals surface area (Å²) in [5.41, 5.74) is -2.62. The van der Waals surface area contributed by atoms with Crippen molar-refractivity contribution in [1.29, 1.82) is 0 Å². The number of aliphatic hydroxyl groups is 9. The molecule has 17 heteroatoms. The maximum Gasteiger partial charge on any atom is 0.187 e. The van der Waals surface area contributed by atoms with Crippen molar-refractivity contribution in [2.24, 2.45) is 45.3 Å². The topological polar surface area (TPSA) is 264 Å². The number of rotatable bonds is 9. The van der Waals surface area contributed by atoms with Crippen LogP contribution in [0.1, 0.15) is 127 Å². The van der Waals surface area contributed by atoms with Gasteiger partial charge < -0.3 is 79.1 Å². The van der Waals surface area contributed by atoms with E-state index in [9.17, 15) is 50.8 Å². The molecule has 4 saturated carbocycles. The summed E-state index contributed by atoms with van der Waals surface area (Å²) in [6, 6.07) is 0. The van der Waals surface area contributed by atoms with Crippen LogP contribution in [-0.2, 0) is 38.0 Å². The molecule has 0 aromatic heterocycles. The van der Waals surface area contributed by atoms with Crippen LogP contribution in [0.2, 0.25) is 0 Å². The zero-order chi connectivity index (χ0) is 47.7. The van der Waals surface area contributed by atoms with E-state index in [2.05, 4.69) is 41.5 Å². The van der Waals surface area contributed by atoms with Crippen LogP contribution in [0.4, 0.5) is 0 Å². The Kier molecular flexibility index (Phi) is 13.5. The highest BCUT2D eigenvalue weighted by Gasteiger charge is 2.72. The normalized spacial score (nSPS) is 55.9. The first-order valence-corrected chi connectivity index (χ1v) is 24.4. The number of carbonyl (C=O) groups excluding carboxylic acids is 1. The van der Waals surface area contributed by atoms with Crippen LogP contribution in [0.25, 0.3) is 0 Å². The SMILES string of the molecule is C[C@@H]1O[C@@H](O[C@H]2[C@H](O[C@H]3CC[C@@]4(C)[C@H](CC[C@]5(C)[C@@H]4CC(=O)[C@@H]4[C@@H]([C@]6(C)CC[C@H](C(C)(C)O)O6)CC[C@]45C)C3(C)C)O[C@H](CO)[C@@H](O)[C@@H]2O[C@@H]2O[C@@H](C)[C@H](O)[C@@H](O)[C@H]2O)[C@H](O)[C@H](O)[C@H]1O. The fraction of sp³-hybridized carbons (Fsp3) is 0.979. The second kappa shape index (κ2) is 17.4. The number of carbonyl (C=O) groups is 1. The average molecular weight is 929 g/mol. The fourth-order valence-corrected chi connectivity index (χ4v) is 15.1. The number of aliphatic hydroxyl groups excluding tert-OH is 8. The van der Waals surface area contributed by atoms with E-state index in [0.717, 1.165) is 44.9 Å². The van der Waals surface area contributed by atoms with Crippen LogP contribution in [-0.4, -0.2) is 174 Å². The van der Waals surface area contributed by atoms with Gasteiger partial charge in [-0.3, -0.25) is 4.79 Å². The molecule has 0 spiro atoms. The molecule has 4 aliphatic heterocycles. The van der Waals surface area contributed by atoms with Crippen LogP contribution in [0.3, 0.4) is 0 Å². The third kappa shape index (κ3) is 8.03. The zero-order valence-electron chi connectivity index (χ0n) is 40.0. The monoisotopic (exact) mass is 929 g/mol. The minimum Gasteiger partial charge on any atom is -0.394 e. The third-order valence-corrected chi connectivity index (χ3v) is 19.3. The van der Waals surface area contributed by atoms with Crippen LogP contribution in [0, 0.1) is 45.3 Å². The van der Waals surface area contributed by atoms with Crippen molar-refractivity contribution < 1.29 is 83.9 Å². The first-order chi connectivity index (χ1) is 30.1. The van der Waals surface area contributed by atoms with Crippen molar-refractivity contribution in [3.8, 4) is 0 Å². The van der Waals surface area contributed by atoms with Gasteiger partial charge in [-0.25, -0.2) is 0 Å². The van der Waals surface area contributed by atoms with Gasteiger partial charge in [0.05, 0.1) is 42.2 Å². The molecule has 25 atom stereocenters. The molecule has 0 bridgehead atoms. The van der Waals surface area contributed by atoms with E-state index < -0.39 is 121 Å². The smallest absolute Gasteiger partial charge is 0.187 e. The largest absolute Gasteiger partial charge is 0.394 e. The van der Waals surface area contributed by atoms with Crippen LogP contribution in [0.5, 0.6) is 0 Å². The Hall–Kier alpha value is -0.970. The molecule has 0 aromatic carbocycles. The van der Waals surface area contributed by atoms with E-state index in [1.54, 1.807) is 13.8 Å². The molecule has 4 heterocycles. The van der Waals surface area contributed by atoms with Crippen molar-refractivity contribution in [1.82, 2.24) is 0 Å². The predicted molar refractivity (Wildman–Crippen MR) is 229 cm³/mol. The van der Waals surface area contributed by atoms with Crippen LogP contribution < -0.4 is 0 Å². The molecule has 0 unspecified atom stereocenters. The first-order valence-electron chi connectivity index (χ1n) is 24.4. The lowest BCUT2D eigenvalue weighted by atomic mass is 9.35. The molecule has 8 rings (SSSR count). The Morgan fingerprint density at radius 3 is 1.75 bits per heavy atom. The Morgan fingerprint density at radius 1 is 0.631 bits per heavy atom. The van der Waals surface area contributed by atoms with Gasteiger partial charge in [-0.15, -0.1) is 0 Å². The van der Waals surface area contributed by atoms with Gasteiger partial charge in [0.1, 0.15) is 66.8 Å². The van der Waals surface area contributed by atoms with Gasteiger partial charge in [0.15, 0.2) is 18.9 Å². The lowest BCUT2D eigenvalue weighted by Gasteiger charge is -2.69. The van der Waals surface area contributed by atoms with E-state index in [0.29, 0.717) is 18.6 Å². The number of fused-ring (bicyclic) bond motifs is 5. The third-order valence-electron chi connectivity index (χ3n) is 19.3. The summed E-state index contributed by atoms with van der Waals surface area (Å²) < 4.78 is 44.2. The van der Waals surface area contributed by atoms with Gasteiger partial charge in [-0.2, -0.15) is 0 Å². The number of hydrogen-bond acceptors (Lipinski definition) is 17. The molecule has 9 N–H and O–H groups in total. The molecule has 4 aliphatic carbocycles. The fourth-order valence-electron chi connectivity index (χ4n) is 15.1. The minimum atomic E-state index is -1.77. The van der Waals surface area contributed by atoms with E-state index in [1.807, 2.05) is 0 Å². The number of ketones is 1. The first kappa shape index (κ1) is 50.4. The maximum absolute atomic E-state index is 14.9. The van der Waals surface area contributed by atoms with Crippen LogP contribution in [0.15, 0.2) is 0 Å². The molecule has 0 radical (unpaired) electrons. The van der Waals surface area contributed by atoms with Gasteiger partial charge in [-0.1, -0.05) is 34.6 Å². The molecule has 8 fully saturated rings. The number of Topliss-reactive ketones (excluding diaryl/α,β-unsaturated/α-hetero) is 1. The lowest BCUT2D eigenvalue weighted by molar-refractivity contribution is -0.397. The minimum absolute atomic E-state index is 0.0700. The van der Waals surface area contributed by atoms with Crippen molar-refractivity contribution in [2.45, 2.75) is 243 Å². The summed E-state index contributed by atoms with van der Waals surface area (Å²) in [6.45, 7) is 19.5. The van der Waals surface area contributed by atoms with Gasteiger partial charge in [-0.05, 0) is 125 Å². The summed E-state index contributed by atoms with van der Waals surface area (Å²) in [4.78, 5) is 14.9. The van der Waals surface area contributed by atoms with E-state index >= 15 is 0 Å². The maximum atomic E-state index is 14.9. The van der Waals surface area contributed by atoms with Gasteiger partial charge >= 0.3 is 0 Å². The van der Waals surface area contributed by atoms with E-state index in [1.165, 1.54) is 13.8 Å². The highest BCUT2D eigenvalue weighted by atomic mass is 16.8. The van der Waals surface area contributed by atoms with E-state index in [4.69, 9.17) is 33.2 Å². The number of ether oxygens (including phenoxy) is 7. The summed E-state index contributed by atoms with van der Waals surface area (Å²) in [5, 5.41) is 97.4. The standard InChI is InChI=1S/C48H80O17/c1-21-31(51)34(54)36(56)40(59-21)63-38-33(53)25(20-49)61-42(39(38)64-41-37(57)35(55)32(52)22(2)60-41)62-28-13-15-45(7)26(43(28,3)4)12-17-46(8)27(45)19-24(50)30-23(11-16-47(30,46)9)48(10)18-14-29(65-48)44(5,6)58/h21-23,25-42,49,51-58H,11-20H2,1-10H3/t21-,22-,23-,25+,26+,27+,28-,29+,30-,31-,32-,33+,34+,35+,36+,37+,38-,39+,40-,41-,42-,45-,46+,47+,48-/m0/s1. The Balaban J connectivity index is 1.06. The second-order valence-corrected chi connectivity index (χ2v) is 23.7. The quantitative estimate of drug-likeness (QED) is 0.148. The van der Waals surface area contributed by atoms with Crippen molar-refractivity contribution >= 4 is 5.78 Å². The molecule has 17 nitrogen and oxygen atoms in total. The molecule has 0 amide bonds. The van der Waals surface area contributed by atoms with Gasteiger partial charge in [0, 0.05) is 12.3 Å². The van der Waals surface area contributed by atoms with Gasteiger partial charge in [0.2, 0.25) is 0 Å². The summed E-state index contributed by atoms with van der Waals surface area (Å²) in [5.74, 6) is 0.438. The second-order valence-electron chi connectivity index (χ2n) is 23.7. The highest BCUT2D eigenvalue weighted by Crippen LogP contribution is 2.75. The van der Waals surface area contributed by atoms with Crippen LogP contribution >= 0.6 is 0 Å². The average Bonchev–Trinajstić information content (AvgIpc) is 3.84. The molecular formula is C48H80O17. The van der Waals surface area contributed by atoms with Crippen molar-refractivity contribution in [2.75, 3.05) is 6.61 Å². The summed E-state index contributed by atoms with van der Waals surface area (Å²) >= 11 is 0. The Morgan fingerprint density at radius 2 is 1.20 bits per heavy atom. The molecule has 8 aliphatic rings. The lowest BCUT2D eigenvalue weighted by Crippen LogP contribution is -2.68. The molecule has 374 valence electrons.